The van der Waals surface area contributed by atoms with E-state index in [2.05, 4.69) is 10.1 Å². The second kappa shape index (κ2) is 4.47. The zero-order valence-corrected chi connectivity index (χ0v) is 11.4. The number of hydrogen-bond donors (Lipinski definition) is 0. The lowest BCUT2D eigenvalue weighted by atomic mass is 10.2. The SMILES string of the molecule is Cc1cc(Cl)n2nc(-c3ccc(F)cc3)nc(Cl)c12. The Hall–Kier alpha value is -1.65. The third-order valence-corrected chi connectivity index (χ3v) is 3.35. The molecular weight excluding hydrogens is 288 g/mol. The van der Waals surface area contributed by atoms with Crippen LogP contribution in [0.3, 0.4) is 0 Å². The summed E-state index contributed by atoms with van der Waals surface area (Å²) in [4.78, 5) is 4.23. The highest BCUT2D eigenvalue weighted by Gasteiger charge is 2.13. The standard InChI is InChI=1S/C13H8Cl2FN3/c1-7-6-10(14)19-11(7)12(15)17-13(18-19)8-2-4-9(16)5-3-8/h2-6H,1H3. The fraction of sp³-hybridized carbons (Fsp3) is 0.0769. The van der Waals surface area contributed by atoms with Crippen molar-refractivity contribution in [2.75, 3.05) is 0 Å². The lowest BCUT2D eigenvalue weighted by Crippen LogP contribution is -1.99. The molecule has 0 amide bonds. The van der Waals surface area contributed by atoms with Gasteiger partial charge in [-0.15, -0.1) is 5.10 Å². The summed E-state index contributed by atoms with van der Waals surface area (Å²) in [6.07, 6.45) is 0. The minimum Gasteiger partial charge on any atom is -0.217 e. The molecule has 0 radical (unpaired) electrons. The van der Waals surface area contributed by atoms with Crippen LogP contribution in [0.1, 0.15) is 5.56 Å². The Balaban J connectivity index is 2.26. The van der Waals surface area contributed by atoms with Crippen molar-refractivity contribution in [2.45, 2.75) is 6.92 Å². The summed E-state index contributed by atoms with van der Waals surface area (Å²) in [6, 6.07) is 7.65. The Kier molecular flexibility index (Phi) is 2.92. The molecule has 0 aliphatic rings. The maximum Gasteiger partial charge on any atom is 0.181 e. The summed E-state index contributed by atoms with van der Waals surface area (Å²) in [5, 5.41) is 5.10. The monoisotopic (exact) mass is 295 g/mol. The Morgan fingerprint density at radius 1 is 1.16 bits per heavy atom. The second-order valence-electron chi connectivity index (χ2n) is 4.14. The second-order valence-corrected chi connectivity index (χ2v) is 4.89. The molecule has 3 nitrogen and oxygen atoms in total. The maximum absolute atomic E-state index is 12.9. The number of hydrogen-bond acceptors (Lipinski definition) is 2. The fourth-order valence-corrected chi connectivity index (χ4v) is 2.51. The molecule has 0 unspecified atom stereocenters. The van der Waals surface area contributed by atoms with Gasteiger partial charge in [0.2, 0.25) is 0 Å². The first-order chi connectivity index (χ1) is 9.06. The molecule has 0 aliphatic heterocycles. The number of fused-ring (bicyclic) bond motifs is 1. The van der Waals surface area contributed by atoms with Crippen molar-refractivity contribution in [3.05, 3.63) is 52.0 Å². The van der Waals surface area contributed by atoms with Crippen molar-refractivity contribution in [3.8, 4) is 11.4 Å². The molecule has 96 valence electrons. The first-order valence-corrected chi connectivity index (χ1v) is 6.29. The number of benzene rings is 1. The summed E-state index contributed by atoms with van der Waals surface area (Å²) in [5.41, 5.74) is 2.26. The largest absolute Gasteiger partial charge is 0.217 e. The van der Waals surface area contributed by atoms with E-state index in [9.17, 15) is 4.39 Å². The third kappa shape index (κ3) is 2.07. The zero-order valence-electron chi connectivity index (χ0n) is 9.86. The van der Waals surface area contributed by atoms with Crippen LogP contribution in [-0.4, -0.2) is 14.6 Å². The lowest BCUT2D eigenvalue weighted by Gasteiger charge is -2.04. The predicted molar refractivity (Wildman–Crippen MR) is 73.1 cm³/mol. The summed E-state index contributed by atoms with van der Waals surface area (Å²) in [5.74, 6) is 0.0840. The summed E-state index contributed by atoms with van der Waals surface area (Å²) >= 11 is 12.2. The van der Waals surface area contributed by atoms with Gasteiger partial charge < -0.3 is 0 Å². The molecular formula is C13H8Cl2FN3. The van der Waals surface area contributed by atoms with Gasteiger partial charge in [0, 0.05) is 5.56 Å². The van der Waals surface area contributed by atoms with E-state index in [0.717, 1.165) is 5.56 Å². The van der Waals surface area contributed by atoms with Crippen molar-refractivity contribution in [1.82, 2.24) is 14.6 Å². The van der Waals surface area contributed by atoms with Crippen LogP contribution in [0.25, 0.3) is 16.9 Å². The Labute approximate surface area is 118 Å². The molecule has 6 heteroatoms. The van der Waals surface area contributed by atoms with Gasteiger partial charge in [-0.2, -0.15) is 0 Å². The molecule has 0 N–H and O–H groups in total. The van der Waals surface area contributed by atoms with Crippen LogP contribution in [-0.2, 0) is 0 Å². The third-order valence-electron chi connectivity index (χ3n) is 2.82. The van der Waals surface area contributed by atoms with Crippen LogP contribution in [0.4, 0.5) is 4.39 Å². The average Bonchev–Trinajstić information content (AvgIpc) is 2.66. The quantitative estimate of drug-likeness (QED) is 0.675. The van der Waals surface area contributed by atoms with E-state index in [1.165, 1.54) is 16.6 Å². The molecule has 19 heavy (non-hydrogen) atoms. The van der Waals surface area contributed by atoms with Gasteiger partial charge in [0.25, 0.3) is 0 Å². The first kappa shape index (κ1) is 12.4. The van der Waals surface area contributed by atoms with Gasteiger partial charge >= 0.3 is 0 Å². The number of rotatable bonds is 1. The van der Waals surface area contributed by atoms with Gasteiger partial charge in [0.1, 0.15) is 16.5 Å². The minimum absolute atomic E-state index is 0.314. The van der Waals surface area contributed by atoms with Gasteiger partial charge in [-0.3, -0.25) is 0 Å². The van der Waals surface area contributed by atoms with Crippen LogP contribution in [0.5, 0.6) is 0 Å². The lowest BCUT2D eigenvalue weighted by molar-refractivity contribution is 0.628. The van der Waals surface area contributed by atoms with E-state index >= 15 is 0 Å². The van der Waals surface area contributed by atoms with Crippen LogP contribution < -0.4 is 0 Å². The maximum atomic E-state index is 12.9. The van der Waals surface area contributed by atoms with E-state index in [0.29, 0.717) is 27.2 Å². The fourth-order valence-electron chi connectivity index (χ4n) is 1.91. The van der Waals surface area contributed by atoms with Crippen LogP contribution in [0, 0.1) is 12.7 Å². The average molecular weight is 296 g/mol. The molecule has 2 heterocycles. The molecule has 3 rings (SSSR count). The summed E-state index contributed by atoms with van der Waals surface area (Å²) in [6.45, 7) is 1.88. The molecule has 0 saturated heterocycles. The predicted octanol–water partition coefficient (Wildman–Crippen LogP) is 4.15. The van der Waals surface area contributed by atoms with E-state index < -0.39 is 0 Å². The molecule has 0 atom stereocenters. The summed E-state index contributed by atoms with van der Waals surface area (Å²) < 4.78 is 14.4. The number of aromatic nitrogens is 3. The van der Waals surface area contributed by atoms with Crippen molar-refractivity contribution in [3.63, 3.8) is 0 Å². The van der Waals surface area contributed by atoms with Gasteiger partial charge in [-0.25, -0.2) is 13.9 Å². The van der Waals surface area contributed by atoms with Crippen LogP contribution in [0.15, 0.2) is 30.3 Å². The number of halogens is 3. The molecule has 2 aromatic heterocycles. The minimum atomic E-state index is -0.314. The van der Waals surface area contributed by atoms with Crippen LogP contribution >= 0.6 is 23.2 Å². The molecule has 1 aromatic carbocycles. The highest BCUT2D eigenvalue weighted by molar-refractivity contribution is 6.34. The molecule has 0 fully saturated rings. The smallest absolute Gasteiger partial charge is 0.181 e. The molecule has 0 saturated carbocycles. The van der Waals surface area contributed by atoms with Crippen LogP contribution in [0.2, 0.25) is 10.3 Å². The van der Waals surface area contributed by atoms with E-state index in [1.807, 2.05) is 6.92 Å². The highest BCUT2D eigenvalue weighted by Crippen LogP contribution is 2.27. The van der Waals surface area contributed by atoms with Gasteiger partial charge in [-0.1, -0.05) is 23.2 Å². The Bertz CT molecular complexity index is 766. The molecule has 0 bridgehead atoms. The van der Waals surface area contributed by atoms with Crippen molar-refractivity contribution >= 4 is 28.7 Å². The normalized spacial score (nSPS) is 11.2. The number of nitrogens with zero attached hydrogens (tertiary/aromatic N) is 3. The Morgan fingerprint density at radius 2 is 1.84 bits per heavy atom. The van der Waals surface area contributed by atoms with Gasteiger partial charge in [0.15, 0.2) is 11.0 Å². The first-order valence-electron chi connectivity index (χ1n) is 5.53. The molecule has 3 aromatic rings. The summed E-state index contributed by atoms with van der Waals surface area (Å²) in [7, 11) is 0. The molecule has 0 spiro atoms. The van der Waals surface area contributed by atoms with E-state index in [-0.39, 0.29) is 5.82 Å². The van der Waals surface area contributed by atoms with Crippen molar-refractivity contribution in [1.29, 1.82) is 0 Å². The van der Waals surface area contributed by atoms with Gasteiger partial charge in [0.05, 0.1) is 0 Å². The van der Waals surface area contributed by atoms with E-state index in [1.54, 1.807) is 18.2 Å². The van der Waals surface area contributed by atoms with E-state index in [4.69, 9.17) is 23.2 Å². The highest BCUT2D eigenvalue weighted by atomic mass is 35.5. The topological polar surface area (TPSA) is 30.2 Å². The Morgan fingerprint density at radius 3 is 2.53 bits per heavy atom. The van der Waals surface area contributed by atoms with Gasteiger partial charge in [-0.05, 0) is 42.8 Å². The molecule has 0 aliphatic carbocycles. The zero-order chi connectivity index (χ0) is 13.6. The number of aryl methyl sites for hydroxylation is 1. The van der Waals surface area contributed by atoms with Crippen molar-refractivity contribution < 1.29 is 4.39 Å². The van der Waals surface area contributed by atoms with Crippen molar-refractivity contribution in [2.24, 2.45) is 0 Å².